The second kappa shape index (κ2) is 6.28. The molecule has 0 radical (unpaired) electrons. The number of anilines is 1. The Bertz CT molecular complexity index is 1030. The van der Waals surface area contributed by atoms with Gasteiger partial charge in [-0.25, -0.2) is 14.6 Å². The number of hydrogen-bond acceptors (Lipinski definition) is 7. The van der Waals surface area contributed by atoms with Gasteiger partial charge in [-0.2, -0.15) is 0 Å². The molecule has 0 unspecified atom stereocenters. The van der Waals surface area contributed by atoms with Crippen LogP contribution in [0.15, 0.2) is 64.7 Å². The summed E-state index contributed by atoms with van der Waals surface area (Å²) in [5.74, 6) is -2.35. The van der Waals surface area contributed by atoms with Crippen LogP contribution in [0.5, 0.6) is 0 Å². The monoisotopic (exact) mass is 364 g/mol. The van der Waals surface area contributed by atoms with Crippen LogP contribution in [0.3, 0.4) is 0 Å². The van der Waals surface area contributed by atoms with Crippen LogP contribution in [0.1, 0.15) is 13.8 Å². The van der Waals surface area contributed by atoms with Gasteiger partial charge in [-0.3, -0.25) is 0 Å². The summed E-state index contributed by atoms with van der Waals surface area (Å²) in [5.41, 5.74) is 2.48. The van der Waals surface area contributed by atoms with E-state index in [9.17, 15) is 9.59 Å². The van der Waals surface area contributed by atoms with Crippen molar-refractivity contribution < 1.29 is 23.5 Å². The molecule has 0 aliphatic carbocycles. The summed E-state index contributed by atoms with van der Waals surface area (Å²) in [7, 11) is 0. The number of hydrogen-bond donors (Lipinski definition) is 1. The first-order chi connectivity index (χ1) is 12.9. The molecule has 0 atom stereocenters. The van der Waals surface area contributed by atoms with E-state index in [2.05, 4.69) is 10.3 Å². The summed E-state index contributed by atoms with van der Waals surface area (Å²) in [6, 6.07) is 14.7. The van der Waals surface area contributed by atoms with Gasteiger partial charge in [0.05, 0.1) is 11.3 Å². The van der Waals surface area contributed by atoms with Gasteiger partial charge in [0.2, 0.25) is 5.89 Å². The van der Waals surface area contributed by atoms with Gasteiger partial charge in [-0.15, -0.1) is 0 Å². The first-order valence-corrected chi connectivity index (χ1v) is 8.31. The van der Waals surface area contributed by atoms with Crippen molar-refractivity contribution in [3.05, 3.63) is 60.3 Å². The molecule has 1 aromatic heterocycles. The molecule has 4 rings (SSSR count). The molecule has 0 amide bonds. The van der Waals surface area contributed by atoms with Crippen molar-refractivity contribution in [3.63, 3.8) is 0 Å². The minimum Gasteiger partial charge on any atom is -0.436 e. The van der Waals surface area contributed by atoms with Gasteiger partial charge in [0.15, 0.2) is 11.2 Å². The normalized spacial score (nSPS) is 16.0. The number of esters is 2. The zero-order chi connectivity index (χ0) is 19.0. The lowest BCUT2D eigenvalue weighted by molar-refractivity contribution is -0.222. The number of nitrogens with zero attached hydrogens (tertiary/aromatic N) is 1. The van der Waals surface area contributed by atoms with Crippen LogP contribution in [0, 0.1) is 0 Å². The second-order valence-electron chi connectivity index (χ2n) is 6.41. The Morgan fingerprint density at radius 1 is 0.963 bits per heavy atom. The Morgan fingerprint density at radius 2 is 1.63 bits per heavy atom. The van der Waals surface area contributed by atoms with Crippen molar-refractivity contribution in [2.75, 3.05) is 5.32 Å². The quantitative estimate of drug-likeness (QED) is 0.431. The molecule has 1 aliphatic rings. The number of carbonyl (C=O) groups excluding carboxylic acids is 2. The van der Waals surface area contributed by atoms with Crippen LogP contribution < -0.4 is 5.32 Å². The molecule has 2 aromatic carbocycles. The predicted molar refractivity (Wildman–Crippen MR) is 97.4 cm³/mol. The van der Waals surface area contributed by atoms with Gasteiger partial charge in [0, 0.05) is 20.0 Å². The molecule has 27 heavy (non-hydrogen) atoms. The lowest BCUT2D eigenvalue weighted by atomic mass is 10.1. The van der Waals surface area contributed by atoms with Crippen molar-refractivity contribution in [1.82, 2.24) is 4.98 Å². The fourth-order valence-electron chi connectivity index (χ4n) is 2.71. The lowest BCUT2D eigenvalue weighted by Gasteiger charge is -2.29. The van der Waals surface area contributed by atoms with Crippen molar-refractivity contribution in [1.29, 1.82) is 0 Å². The Morgan fingerprint density at radius 3 is 2.37 bits per heavy atom. The number of ether oxygens (including phenoxy) is 2. The van der Waals surface area contributed by atoms with E-state index in [1.807, 2.05) is 42.5 Å². The highest BCUT2D eigenvalue weighted by Gasteiger charge is 2.39. The Labute approximate surface area is 154 Å². The first-order valence-electron chi connectivity index (χ1n) is 8.31. The van der Waals surface area contributed by atoms with Gasteiger partial charge in [-0.1, -0.05) is 24.3 Å². The number of fused-ring (bicyclic) bond motifs is 1. The summed E-state index contributed by atoms with van der Waals surface area (Å²) >= 11 is 0. The second-order valence-corrected chi connectivity index (χ2v) is 6.41. The smallest absolute Gasteiger partial charge is 0.350 e. The molecule has 1 fully saturated rings. The third-order valence-corrected chi connectivity index (χ3v) is 3.94. The maximum absolute atomic E-state index is 12.1. The summed E-state index contributed by atoms with van der Waals surface area (Å²) in [5, 5.41) is 2.95. The van der Waals surface area contributed by atoms with Crippen LogP contribution >= 0.6 is 0 Å². The van der Waals surface area contributed by atoms with E-state index in [-0.39, 0.29) is 5.57 Å². The van der Waals surface area contributed by atoms with Gasteiger partial charge >= 0.3 is 11.9 Å². The van der Waals surface area contributed by atoms with E-state index in [1.54, 1.807) is 6.07 Å². The predicted octanol–water partition coefficient (Wildman–Crippen LogP) is 3.63. The third kappa shape index (κ3) is 3.27. The van der Waals surface area contributed by atoms with E-state index in [0.29, 0.717) is 22.7 Å². The van der Waals surface area contributed by atoms with E-state index < -0.39 is 17.7 Å². The molecule has 0 bridgehead atoms. The van der Waals surface area contributed by atoms with Crippen molar-refractivity contribution in [3.8, 4) is 11.5 Å². The van der Waals surface area contributed by atoms with E-state index in [1.165, 1.54) is 20.0 Å². The van der Waals surface area contributed by atoms with Gasteiger partial charge in [0.1, 0.15) is 5.52 Å². The molecule has 1 saturated heterocycles. The van der Waals surface area contributed by atoms with Gasteiger partial charge < -0.3 is 19.2 Å². The SMILES string of the molecule is CC1(C)OC(=O)C(=CNc2ccccc2-c2nc3ccccc3o2)C(=O)O1. The van der Waals surface area contributed by atoms with E-state index in [4.69, 9.17) is 13.9 Å². The molecule has 136 valence electrons. The highest BCUT2D eigenvalue weighted by atomic mass is 16.7. The van der Waals surface area contributed by atoms with E-state index in [0.717, 1.165) is 5.52 Å². The molecule has 7 heteroatoms. The highest BCUT2D eigenvalue weighted by Crippen LogP contribution is 2.30. The fraction of sp³-hybridized carbons (Fsp3) is 0.150. The number of benzene rings is 2. The van der Waals surface area contributed by atoms with Crippen LogP contribution in [0.25, 0.3) is 22.6 Å². The molecule has 1 aliphatic heterocycles. The summed E-state index contributed by atoms with van der Waals surface area (Å²) in [6.07, 6.45) is 1.27. The molecular weight excluding hydrogens is 348 g/mol. The first kappa shape index (κ1) is 16.8. The molecule has 0 saturated carbocycles. The van der Waals surface area contributed by atoms with Crippen LogP contribution in [0.2, 0.25) is 0 Å². The topological polar surface area (TPSA) is 90.7 Å². The van der Waals surface area contributed by atoms with Gasteiger partial charge in [0.25, 0.3) is 5.79 Å². The van der Waals surface area contributed by atoms with E-state index >= 15 is 0 Å². The Kier molecular flexibility index (Phi) is 3.92. The van der Waals surface area contributed by atoms with Crippen LogP contribution in [0.4, 0.5) is 5.69 Å². The van der Waals surface area contributed by atoms with Crippen LogP contribution in [-0.2, 0) is 19.1 Å². The number of para-hydroxylation sites is 3. The zero-order valence-electron chi connectivity index (χ0n) is 14.7. The average molecular weight is 364 g/mol. The van der Waals surface area contributed by atoms with Crippen molar-refractivity contribution in [2.45, 2.75) is 19.6 Å². The molecule has 3 aromatic rings. The Balaban J connectivity index is 1.66. The van der Waals surface area contributed by atoms with Crippen LogP contribution in [-0.4, -0.2) is 22.7 Å². The van der Waals surface area contributed by atoms with Crippen molar-refractivity contribution >= 4 is 28.7 Å². The molecule has 0 spiro atoms. The number of aromatic nitrogens is 1. The number of oxazole rings is 1. The number of carbonyl (C=O) groups is 2. The maximum Gasteiger partial charge on any atom is 0.350 e. The standard InChI is InChI=1S/C20H16N2O5/c1-20(2)26-18(23)13(19(24)27-20)11-21-14-8-4-3-7-12(14)17-22-15-9-5-6-10-16(15)25-17/h3-11,21H,1-2H3. The van der Waals surface area contributed by atoms with Gasteiger partial charge in [-0.05, 0) is 24.3 Å². The van der Waals surface area contributed by atoms with Crippen molar-refractivity contribution in [2.24, 2.45) is 0 Å². The number of rotatable bonds is 3. The number of cyclic esters (lactones) is 2. The maximum atomic E-state index is 12.1. The molecule has 2 heterocycles. The summed E-state index contributed by atoms with van der Waals surface area (Å²) in [6.45, 7) is 2.99. The summed E-state index contributed by atoms with van der Waals surface area (Å²) in [4.78, 5) is 28.6. The third-order valence-electron chi connectivity index (χ3n) is 3.94. The number of nitrogens with one attached hydrogen (secondary N) is 1. The zero-order valence-corrected chi connectivity index (χ0v) is 14.7. The molecular formula is C20H16N2O5. The average Bonchev–Trinajstić information content (AvgIpc) is 3.04. The highest BCUT2D eigenvalue weighted by molar-refractivity contribution is 6.15. The minimum atomic E-state index is -1.28. The fourth-order valence-corrected chi connectivity index (χ4v) is 2.71. The largest absolute Gasteiger partial charge is 0.436 e. The molecule has 1 N–H and O–H groups in total. The lowest BCUT2D eigenvalue weighted by Crippen LogP contribution is -2.42. The Hall–Kier alpha value is -3.61. The summed E-state index contributed by atoms with van der Waals surface area (Å²) < 4.78 is 16.0. The molecule has 7 nitrogen and oxygen atoms in total. The minimum absolute atomic E-state index is 0.221.